The van der Waals surface area contributed by atoms with E-state index in [0.29, 0.717) is 24.7 Å². The van der Waals surface area contributed by atoms with Crippen molar-refractivity contribution in [2.75, 3.05) is 18.0 Å². The molecule has 3 rings (SSSR count). The van der Waals surface area contributed by atoms with E-state index >= 15 is 0 Å². The van der Waals surface area contributed by atoms with E-state index < -0.39 is 0 Å². The van der Waals surface area contributed by atoms with Crippen molar-refractivity contribution < 1.29 is 4.79 Å². The Morgan fingerprint density at radius 3 is 2.81 bits per heavy atom. The highest BCUT2D eigenvalue weighted by molar-refractivity contribution is 5.76. The summed E-state index contributed by atoms with van der Waals surface area (Å²) in [5.41, 5.74) is 3.07. The maximum Gasteiger partial charge on any atom is 0.255 e. The summed E-state index contributed by atoms with van der Waals surface area (Å²) in [6.45, 7) is 6.01. The van der Waals surface area contributed by atoms with Crippen molar-refractivity contribution in [3.8, 4) is 0 Å². The second-order valence-electron chi connectivity index (χ2n) is 6.77. The predicted molar refractivity (Wildman–Crippen MR) is 102 cm³/mol. The van der Waals surface area contributed by atoms with E-state index in [1.54, 1.807) is 0 Å². The number of benzene rings is 1. The first-order valence-electron chi connectivity index (χ1n) is 9.25. The molecule has 1 amide bonds. The van der Waals surface area contributed by atoms with Crippen molar-refractivity contribution in [2.45, 2.75) is 46.2 Å². The molecule has 1 aliphatic rings. The van der Waals surface area contributed by atoms with Crippen LogP contribution in [0.15, 0.2) is 35.1 Å². The molecule has 1 aromatic carbocycles. The first-order chi connectivity index (χ1) is 12.6. The Morgan fingerprint density at radius 2 is 2.04 bits per heavy atom. The van der Waals surface area contributed by atoms with E-state index in [0.717, 1.165) is 25.8 Å². The molecule has 138 valence electrons. The third kappa shape index (κ3) is 4.12. The molecule has 0 fully saturated rings. The molecule has 0 radical (unpaired) electrons. The lowest BCUT2D eigenvalue weighted by molar-refractivity contribution is -0.121. The van der Waals surface area contributed by atoms with Gasteiger partial charge in [-0.05, 0) is 30.9 Å². The van der Waals surface area contributed by atoms with Crippen LogP contribution in [0.25, 0.3) is 0 Å². The van der Waals surface area contributed by atoms with Crippen molar-refractivity contribution in [1.82, 2.24) is 14.9 Å². The molecule has 0 atom stereocenters. The van der Waals surface area contributed by atoms with Crippen LogP contribution in [0, 0.1) is 6.92 Å². The summed E-state index contributed by atoms with van der Waals surface area (Å²) < 4.78 is 1.49. The normalized spacial score (nSPS) is 13.4. The molecular formula is C20H26N4O2. The average Bonchev–Trinajstić information content (AvgIpc) is 2.63. The van der Waals surface area contributed by atoms with Crippen molar-refractivity contribution in [2.24, 2.45) is 0 Å². The van der Waals surface area contributed by atoms with Gasteiger partial charge in [0.1, 0.15) is 6.54 Å². The molecule has 0 spiro atoms. The highest BCUT2D eigenvalue weighted by Crippen LogP contribution is 2.22. The van der Waals surface area contributed by atoms with Gasteiger partial charge in [0.25, 0.3) is 5.56 Å². The number of aryl methyl sites for hydroxylation is 1. The number of nitrogens with one attached hydrogen (secondary N) is 1. The van der Waals surface area contributed by atoms with Crippen LogP contribution >= 0.6 is 0 Å². The van der Waals surface area contributed by atoms with Crippen LogP contribution in [0.4, 0.5) is 5.95 Å². The van der Waals surface area contributed by atoms with Crippen LogP contribution in [0.3, 0.4) is 0 Å². The van der Waals surface area contributed by atoms with Crippen LogP contribution in [0.5, 0.6) is 0 Å². The maximum absolute atomic E-state index is 12.5. The second-order valence-corrected chi connectivity index (χ2v) is 6.77. The van der Waals surface area contributed by atoms with Gasteiger partial charge in [-0.25, -0.2) is 4.98 Å². The fourth-order valence-corrected chi connectivity index (χ4v) is 3.27. The lowest BCUT2D eigenvalue weighted by Crippen LogP contribution is -2.39. The lowest BCUT2D eigenvalue weighted by atomic mass is 10.0. The molecule has 6 heteroatoms. The number of carbonyl (C=O) groups excluding carboxylic acids is 1. The number of hydrogen-bond acceptors (Lipinski definition) is 4. The van der Waals surface area contributed by atoms with Gasteiger partial charge in [0.15, 0.2) is 0 Å². The number of fused-ring (bicyclic) bond motifs is 1. The molecule has 1 aromatic heterocycles. The third-order valence-corrected chi connectivity index (χ3v) is 4.68. The second kappa shape index (κ2) is 8.17. The number of amides is 1. The molecule has 6 nitrogen and oxygen atoms in total. The number of hydrogen-bond donors (Lipinski definition) is 1. The third-order valence-electron chi connectivity index (χ3n) is 4.68. The zero-order valence-corrected chi connectivity index (χ0v) is 15.5. The fourth-order valence-electron chi connectivity index (χ4n) is 3.27. The summed E-state index contributed by atoms with van der Waals surface area (Å²) in [5, 5.41) is 2.87. The van der Waals surface area contributed by atoms with Crippen molar-refractivity contribution >= 4 is 11.9 Å². The first kappa shape index (κ1) is 18.2. The van der Waals surface area contributed by atoms with Gasteiger partial charge in [-0.3, -0.25) is 14.2 Å². The molecule has 0 aliphatic carbocycles. The fraction of sp³-hybridized carbons (Fsp3) is 0.450. The number of anilines is 1. The van der Waals surface area contributed by atoms with E-state index in [1.165, 1.54) is 21.8 Å². The van der Waals surface area contributed by atoms with Crippen molar-refractivity contribution in [3.05, 3.63) is 57.5 Å². The number of rotatable bonds is 6. The van der Waals surface area contributed by atoms with Gasteiger partial charge in [0.2, 0.25) is 11.9 Å². The topological polar surface area (TPSA) is 67.2 Å². The Bertz CT molecular complexity index is 844. The Balaban J connectivity index is 1.85. The SMILES string of the molecule is CCCCNC(=O)Cn1c(N2CCc3ccccc3C2)nc(C)cc1=O. The highest BCUT2D eigenvalue weighted by atomic mass is 16.2. The summed E-state index contributed by atoms with van der Waals surface area (Å²) in [7, 11) is 0. The molecule has 2 aromatic rings. The van der Waals surface area contributed by atoms with Crippen LogP contribution in [0.1, 0.15) is 36.6 Å². The van der Waals surface area contributed by atoms with Gasteiger partial charge in [-0.2, -0.15) is 0 Å². The van der Waals surface area contributed by atoms with Gasteiger partial charge in [-0.15, -0.1) is 0 Å². The molecule has 26 heavy (non-hydrogen) atoms. The summed E-state index contributed by atoms with van der Waals surface area (Å²) in [6, 6.07) is 9.82. The van der Waals surface area contributed by atoms with Gasteiger partial charge >= 0.3 is 0 Å². The van der Waals surface area contributed by atoms with E-state index in [9.17, 15) is 9.59 Å². The summed E-state index contributed by atoms with van der Waals surface area (Å²) in [6.07, 6.45) is 2.86. The number of unbranched alkanes of at least 4 members (excludes halogenated alkanes) is 1. The minimum Gasteiger partial charge on any atom is -0.355 e. The summed E-state index contributed by atoms with van der Waals surface area (Å²) >= 11 is 0. The van der Waals surface area contributed by atoms with E-state index in [2.05, 4.69) is 40.3 Å². The Labute approximate surface area is 153 Å². The molecule has 1 N–H and O–H groups in total. The average molecular weight is 354 g/mol. The molecule has 1 aliphatic heterocycles. The summed E-state index contributed by atoms with van der Waals surface area (Å²) in [4.78, 5) is 31.5. The van der Waals surface area contributed by atoms with Crippen LogP contribution in [-0.2, 0) is 24.3 Å². The van der Waals surface area contributed by atoms with Gasteiger partial charge in [-0.1, -0.05) is 37.6 Å². The largest absolute Gasteiger partial charge is 0.355 e. The highest BCUT2D eigenvalue weighted by Gasteiger charge is 2.21. The van der Waals surface area contributed by atoms with Gasteiger partial charge in [0.05, 0.1) is 0 Å². The zero-order valence-electron chi connectivity index (χ0n) is 15.5. The lowest BCUT2D eigenvalue weighted by Gasteiger charge is -2.31. The minimum absolute atomic E-state index is 0.00328. The standard InChI is InChI=1S/C20H26N4O2/c1-3-4-10-21-18(25)14-24-19(26)12-15(2)22-20(24)23-11-9-16-7-5-6-8-17(16)13-23/h5-8,12H,3-4,9-11,13-14H2,1-2H3,(H,21,25). The number of nitrogens with zero attached hydrogens (tertiary/aromatic N) is 3. The molecule has 0 saturated heterocycles. The monoisotopic (exact) mass is 354 g/mol. The Hall–Kier alpha value is -2.63. The van der Waals surface area contributed by atoms with Crippen LogP contribution < -0.4 is 15.8 Å². The van der Waals surface area contributed by atoms with E-state index in [1.807, 2.05) is 13.0 Å². The van der Waals surface area contributed by atoms with Crippen molar-refractivity contribution in [1.29, 1.82) is 0 Å². The number of aromatic nitrogens is 2. The maximum atomic E-state index is 12.5. The Kier molecular flexibility index (Phi) is 5.71. The Morgan fingerprint density at radius 1 is 1.27 bits per heavy atom. The van der Waals surface area contributed by atoms with E-state index in [4.69, 9.17) is 0 Å². The van der Waals surface area contributed by atoms with E-state index in [-0.39, 0.29) is 18.0 Å². The van der Waals surface area contributed by atoms with Gasteiger partial charge < -0.3 is 10.2 Å². The molecule has 2 heterocycles. The molecule has 0 bridgehead atoms. The van der Waals surface area contributed by atoms with Crippen LogP contribution in [0.2, 0.25) is 0 Å². The minimum atomic E-state index is -0.183. The quantitative estimate of drug-likeness (QED) is 0.806. The zero-order chi connectivity index (χ0) is 18.5. The summed E-state index contributed by atoms with van der Waals surface area (Å²) in [5.74, 6) is 0.431. The first-order valence-corrected chi connectivity index (χ1v) is 9.25. The molecular weight excluding hydrogens is 328 g/mol. The van der Waals surface area contributed by atoms with Gasteiger partial charge in [0, 0.05) is 31.4 Å². The molecule has 0 unspecified atom stereocenters. The molecule has 0 saturated carbocycles. The number of carbonyl (C=O) groups is 1. The predicted octanol–water partition coefficient (Wildman–Crippen LogP) is 2.03. The van der Waals surface area contributed by atoms with Crippen LogP contribution in [-0.4, -0.2) is 28.5 Å². The van der Waals surface area contributed by atoms with Crippen molar-refractivity contribution in [3.63, 3.8) is 0 Å². The smallest absolute Gasteiger partial charge is 0.255 e.